The average molecular weight is 322 g/mol. The number of anilines is 2. The first kappa shape index (κ1) is 15.6. The van der Waals surface area contributed by atoms with Gasteiger partial charge < -0.3 is 11.1 Å². The predicted octanol–water partition coefficient (Wildman–Crippen LogP) is 3.05. The standard InChI is InChI=1S/C18H15FN4O/c19-15-11-21-18(22-14-8-6-13(7-9-14)17(20)24)23-16(15)10-12-4-2-1-3-5-12/h1-9,11H,10H2,(H2,20,24)(H,21,22,23). The summed E-state index contributed by atoms with van der Waals surface area (Å²) in [6.45, 7) is 0. The zero-order valence-corrected chi connectivity index (χ0v) is 12.7. The first-order valence-corrected chi connectivity index (χ1v) is 7.34. The van der Waals surface area contributed by atoms with E-state index in [2.05, 4.69) is 15.3 Å². The van der Waals surface area contributed by atoms with Gasteiger partial charge in [-0.15, -0.1) is 0 Å². The minimum Gasteiger partial charge on any atom is -0.366 e. The first-order chi connectivity index (χ1) is 11.6. The molecule has 0 radical (unpaired) electrons. The third kappa shape index (κ3) is 3.73. The number of nitrogens with two attached hydrogens (primary N) is 1. The summed E-state index contributed by atoms with van der Waals surface area (Å²) < 4.78 is 13.9. The minimum absolute atomic E-state index is 0.286. The average Bonchev–Trinajstić information content (AvgIpc) is 2.59. The number of rotatable bonds is 5. The molecular formula is C18H15FN4O. The Hall–Kier alpha value is -3.28. The number of benzene rings is 2. The summed E-state index contributed by atoms with van der Waals surface area (Å²) in [4.78, 5) is 19.2. The second kappa shape index (κ2) is 6.87. The highest BCUT2D eigenvalue weighted by Crippen LogP contribution is 2.16. The smallest absolute Gasteiger partial charge is 0.248 e. The molecule has 0 aliphatic rings. The van der Waals surface area contributed by atoms with Crippen molar-refractivity contribution in [3.05, 3.63) is 83.4 Å². The van der Waals surface area contributed by atoms with Crippen molar-refractivity contribution in [3.8, 4) is 0 Å². The number of amides is 1. The lowest BCUT2D eigenvalue weighted by atomic mass is 10.1. The summed E-state index contributed by atoms with van der Waals surface area (Å²) in [6, 6.07) is 16.1. The van der Waals surface area contributed by atoms with Crippen molar-refractivity contribution in [2.24, 2.45) is 5.73 Å². The van der Waals surface area contributed by atoms with Gasteiger partial charge in [0, 0.05) is 17.7 Å². The molecule has 3 aromatic rings. The molecule has 2 aromatic carbocycles. The molecule has 120 valence electrons. The molecule has 3 rings (SSSR count). The van der Waals surface area contributed by atoms with E-state index < -0.39 is 11.7 Å². The van der Waals surface area contributed by atoms with E-state index in [9.17, 15) is 9.18 Å². The van der Waals surface area contributed by atoms with Gasteiger partial charge in [-0.2, -0.15) is 0 Å². The molecule has 0 atom stereocenters. The van der Waals surface area contributed by atoms with Crippen LogP contribution in [-0.4, -0.2) is 15.9 Å². The maximum absolute atomic E-state index is 13.9. The molecule has 0 bridgehead atoms. The normalized spacial score (nSPS) is 10.4. The fraction of sp³-hybridized carbons (Fsp3) is 0.0556. The summed E-state index contributed by atoms with van der Waals surface area (Å²) in [5.74, 6) is -0.660. The van der Waals surface area contributed by atoms with Crippen LogP contribution in [0, 0.1) is 5.82 Å². The maximum Gasteiger partial charge on any atom is 0.248 e. The topological polar surface area (TPSA) is 80.9 Å². The highest BCUT2D eigenvalue weighted by atomic mass is 19.1. The van der Waals surface area contributed by atoms with E-state index in [0.717, 1.165) is 11.8 Å². The van der Waals surface area contributed by atoms with Crippen LogP contribution in [0.3, 0.4) is 0 Å². The van der Waals surface area contributed by atoms with E-state index in [4.69, 9.17) is 5.73 Å². The number of nitrogens with one attached hydrogen (secondary N) is 1. The van der Waals surface area contributed by atoms with Gasteiger partial charge in [0.15, 0.2) is 5.82 Å². The van der Waals surface area contributed by atoms with E-state index in [0.29, 0.717) is 23.4 Å². The third-order valence-corrected chi connectivity index (χ3v) is 3.46. The van der Waals surface area contributed by atoms with Crippen LogP contribution >= 0.6 is 0 Å². The largest absolute Gasteiger partial charge is 0.366 e. The molecule has 0 fully saturated rings. The van der Waals surface area contributed by atoms with Crippen molar-refractivity contribution in [1.82, 2.24) is 9.97 Å². The Morgan fingerprint density at radius 2 is 1.79 bits per heavy atom. The van der Waals surface area contributed by atoms with E-state index in [1.165, 1.54) is 0 Å². The molecule has 1 amide bonds. The summed E-state index contributed by atoms with van der Waals surface area (Å²) in [7, 11) is 0. The summed E-state index contributed by atoms with van der Waals surface area (Å²) in [6.07, 6.45) is 1.52. The molecule has 0 aliphatic carbocycles. The number of carbonyl (C=O) groups is 1. The lowest BCUT2D eigenvalue weighted by Crippen LogP contribution is -2.10. The van der Waals surface area contributed by atoms with Crippen molar-refractivity contribution < 1.29 is 9.18 Å². The molecule has 0 saturated carbocycles. The Bertz CT molecular complexity index is 851. The molecule has 24 heavy (non-hydrogen) atoms. The highest BCUT2D eigenvalue weighted by molar-refractivity contribution is 5.93. The van der Waals surface area contributed by atoms with Gasteiger partial charge in [0.25, 0.3) is 0 Å². The maximum atomic E-state index is 13.9. The summed E-state index contributed by atoms with van der Waals surface area (Å²) in [5, 5.41) is 2.98. The number of carbonyl (C=O) groups excluding carboxylic acids is 1. The van der Waals surface area contributed by atoms with Crippen molar-refractivity contribution in [3.63, 3.8) is 0 Å². The third-order valence-electron chi connectivity index (χ3n) is 3.46. The number of primary amides is 1. The van der Waals surface area contributed by atoms with Gasteiger partial charge >= 0.3 is 0 Å². The highest BCUT2D eigenvalue weighted by Gasteiger charge is 2.08. The number of nitrogens with zero attached hydrogens (tertiary/aromatic N) is 2. The molecule has 0 unspecified atom stereocenters. The van der Waals surface area contributed by atoms with Crippen molar-refractivity contribution in [1.29, 1.82) is 0 Å². The number of hydrogen-bond donors (Lipinski definition) is 2. The van der Waals surface area contributed by atoms with E-state index in [-0.39, 0.29) is 5.95 Å². The molecule has 3 N–H and O–H groups in total. The zero-order chi connectivity index (χ0) is 16.9. The van der Waals surface area contributed by atoms with Crippen LogP contribution < -0.4 is 11.1 Å². The van der Waals surface area contributed by atoms with Crippen LogP contribution in [0.15, 0.2) is 60.8 Å². The van der Waals surface area contributed by atoms with Crippen molar-refractivity contribution in [2.75, 3.05) is 5.32 Å². The van der Waals surface area contributed by atoms with Gasteiger partial charge in [-0.05, 0) is 29.8 Å². The molecular weight excluding hydrogens is 307 g/mol. The van der Waals surface area contributed by atoms with Crippen LogP contribution in [0.2, 0.25) is 0 Å². The van der Waals surface area contributed by atoms with Gasteiger partial charge in [0.05, 0.1) is 11.9 Å². The molecule has 5 nitrogen and oxygen atoms in total. The fourth-order valence-corrected chi connectivity index (χ4v) is 2.22. The number of halogens is 1. The van der Waals surface area contributed by atoms with Crippen molar-refractivity contribution >= 4 is 17.5 Å². The Morgan fingerprint density at radius 3 is 2.46 bits per heavy atom. The predicted molar refractivity (Wildman–Crippen MR) is 89.5 cm³/mol. The summed E-state index contributed by atoms with van der Waals surface area (Å²) >= 11 is 0. The van der Waals surface area contributed by atoms with Crippen LogP contribution in [-0.2, 0) is 6.42 Å². The van der Waals surface area contributed by atoms with Gasteiger partial charge in [0.1, 0.15) is 0 Å². The van der Waals surface area contributed by atoms with E-state index >= 15 is 0 Å². The second-order valence-electron chi connectivity index (χ2n) is 5.22. The molecule has 0 saturated heterocycles. The lowest BCUT2D eigenvalue weighted by molar-refractivity contribution is 0.100. The molecule has 0 aliphatic heterocycles. The summed E-state index contributed by atoms with van der Waals surface area (Å²) in [5.41, 5.74) is 7.56. The lowest BCUT2D eigenvalue weighted by Gasteiger charge is -2.08. The molecule has 6 heteroatoms. The van der Waals surface area contributed by atoms with Gasteiger partial charge in [0.2, 0.25) is 11.9 Å². The Labute approximate surface area is 138 Å². The second-order valence-corrected chi connectivity index (χ2v) is 5.22. The quantitative estimate of drug-likeness (QED) is 0.756. The van der Waals surface area contributed by atoms with Crippen LogP contribution in [0.1, 0.15) is 21.6 Å². The number of hydrogen-bond acceptors (Lipinski definition) is 4. The van der Waals surface area contributed by atoms with Crippen LogP contribution in [0.25, 0.3) is 0 Å². The van der Waals surface area contributed by atoms with Gasteiger partial charge in [-0.3, -0.25) is 4.79 Å². The first-order valence-electron chi connectivity index (χ1n) is 7.34. The van der Waals surface area contributed by atoms with Gasteiger partial charge in [-0.25, -0.2) is 14.4 Å². The monoisotopic (exact) mass is 322 g/mol. The minimum atomic E-state index is -0.496. The fourth-order valence-electron chi connectivity index (χ4n) is 2.22. The Kier molecular flexibility index (Phi) is 4.47. The zero-order valence-electron chi connectivity index (χ0n) is 12.7. The molecule has 0 spiro atoms. The van der Waals surface area contributed by atoms with E-state index in [1.807, 2.05) is 30.3 Å². The van der Waals surface area contributed by atoms with Gasteiger partial charge in [-0.1, -0.05) is 30.3 Å². The Morgan fingerprint density at radius 1 is 1.08 bits per heavy atom. The van der Waals surface area contributed by atoms with E-state index in [1.54, 1.807) is 24.3 Å². The SMILES string of the molecule is NC(=O)c1ccc(Nc2ncc(F)c(Cc3ccccc3)n2)cc1. The van der Waals surface area contributed by atoms with Crippen LogP contribution in [0.4, 0.5) is 16.0 Å². The van der Waals surface area contributed by atoms with Crippen LogP contribution in [0.5, 0.6) is 0 Å². The molecule has 1 heterocycles. The number of aromatic nitrogens is 2. The van der Waals surface area contributed by atoms with Crippen molar-refractivity contribution in [2.45, 2.75) is 6.42 Å². The molecule has 1 aromatic heterocycles. The Balaban J connectivity index is 1.79.